The molecular formula is C29H39N3O3. The fraction of sp³-hybridized carbons (Fsp3) is 0.621. The van der Waals surface area contributed by atoms with Crippen LogP contribution >= 0.6 is 0 Å². The highest BCUT2D eigenvalue weighted by molar-refractivity contribution is 5.78. The molecule has 0 radical (unpaired) electrons. The lowest BCUT2D eigenvalue weighted by Crippen LogP contribution is -2.50. The number of nitrogens with two attached hydrogens (primary N) is 2. The average Bonchev–Trinajstić information content (AvgIpc) is 3.20. The van der Waals surface area contributed by atoms with E-state index >= 15 is 0 Å². The quantitative estimate of drug-likeness (QED) is 0.462. The summed E-state index contributed by atoms with van der Waals surface area (Å²) in [5.74, 6) is 1.18. The fourth-order valence-corrected chi connectivity index (χ4v) is 7.93. The van der Waals surface area contributed by atoms with Crippen LogP contribution in [0.15, 0.2) is 42.3 Å². The molecule has 0 aliphatic heterocycles. The third-order valence-corrected chi connectivity index (χ3v) is 9.90. The minimum Gasteiger partial charge on any atom is -0.461 e. The molecule has 4 aliphatic carbocycles. The molecule has 2 saturated carbocycles. The largest absolute Gasteiger partial charge is 0.461 e. The van der Waals surface area contributed by atoms with Gasteiger partial charge in [0.2, 0.25) is 5.91 Å². The molecule has 1 aromatic rings. The lowest BCUT2D eigenvalue weighted by Gasteiger charge is -2.57. The van der Waals surface area contributed by atoms with Crippen molar-refractivity contribution in [3.63, 3.8) is 0 Å². The summed E-state index contributed by atoms with van der Waals surface area (Å²) in [5.41, 5.74) is 15.8. The van der Waals surface area contributed by atoms with Crippen molar-refractivity contribution in [2.24, 2.45) is 40.1 Å². The molecule has 0 saturated heterocycles. The first kappa shape index (κ1) is 24.2. The first-order chi connectivity index (χ1) is 16.7. The van der Waals surface area contributed by atoms with Crippen LogP contribution in [0.25, 0.3) is 5.57 Å². The van der Waals surface area contributed by atoms with Crippen LogP contribution in [-0.2, 0) is 14.3 Å². The van der Waals surface area contributed by atoms with Gasteiger partial charge < -0.3 is 16.2 Å². The zero-order valence-electron chi connectivity index (χ0n) is 21.0. The second kappa shape index (κ2) is 9.20. The molecule has 188 valence electrons. The fourth-order valence-electron chi connectivity index (χ4n) is 7.93. The minimum atomic E-state index is -0.791. The molecule has 5 rings (SSSR count). The number of allylic oxidation sites excluding steroid dienone is 3. The van der Waals surface area contributed by atoms with Crippen molar-refractivity contribution in [1.29, 1.82) is 0 Å². The van der Waals surface area contributed by atoms with Gasteiger partial charge in [-0.2, -0.15) is 0 Å². The second-order valence-corrected chi connectivity index (χ2v) is 11.7. The van der Waals surface area contributed by atoms with Crippen LogP contribution in [0.4, 0.5) is 0 Å². The standard InChI is InChI=1S/C29H39N3O3/c1-28-13-11-20(35-27(34)25(30)9-10-26(31)33)16-19(28)5-6-21-23-8-7-22(18-4-3-15-32-17-18)29(23,2)14-12-24(21)28/h3-5,7,15,17,20-21,23-25H,6,8-14,16,30H2,1-2H3,(H2,31,33). The number of nitrogens with zero attached hydrogens (tertiary/aromatic N) is 1. The summed E-state index contributed by atoms with van der Waals surface area (Å²) in [6, 6.07) is 3.46. The van der Waals surface area contributed by atoms with Gasteiger partial charge in [-0.1, -0.05) is 37.6 Å². The van der Waals surface area contributed by atoms with Gasteiger partial charge in [-0.05, 0) is 90.7 Å². The molecular weight excluding hydrogens is 438 g/mol. The number of ether oxygens (including phenoxy) is 1. The van der Waals surface area contributed by atoms with Gasteiger partial charge in [0.25, 0.3) is 0 Å². The predicted molar refractivity (Wildman–Crippen MR) is 136 cm³/mol. The van der Waals surface area contributed by atoms with Crippen LogP contribution in [0.5, 0.6) is 0 Å². The Bertz CT molecular complexity index is 1050. The molecule has 35 heavy (non-hydrogen) atoms. The van der Waals surface area contributed by atoms with Crippen molar-refractivity contribution in [2.45, 2.75) is 83.8 Å². The molecule has 7 atom stereocenters. The zero-order valence-corrected chi connectivity index (χ0v) is 21.0. The Kier molecular flexibility index (Phi) is 6.37. The summed E-state index contributed by atoms with van der Waals surface area (Å²) < 4.78 is 5.79. The summed E-state index contributed by atoms with van der Waals surface area (Å²) in [5, 5.41) is 0. The third kappa shape index (κ3) is 4.24. The summed E-state index contributed by atoms with van der Waals surface area (Å²) in [6.45, 7) is 4.94. The third-order valence-electron chi connectivity index (χ3n) is 9.90. The van der Waals surface area contributed by atoms with E-state index in [-0.39, 0.29) is 29.8 Å². The van der Waals surface area contributed by atoms with E-state index in [1.165, 1.54) is 29.6 Å². The molecule has 1 amide bonds. The van der Waals surface area contributed by atoms with Crippen LogP contribution in [0, 0.1) is 28.6 Å². The zero-order chi connectivity index (χ0) is 24.8. The number of fused-ring (bicyclic) bond motifs is 5. The average molecular weight is 478 g/mol. The highest BCUT2D eigenvalue weighted by Crippen LogP contribution is 2.66. The summed E-state index contributed by atoms with van der Waals surface area (Å²) in [4.78, 5) is 27.9. The van der Waals surface area contributed by atoms with Crippen molar-refractivity contribution in [3.05, 3.63) is 47.8 Å². The summed E-state index contributed by atoms with van der Waals surface area (Å²) in [7, 11) is 0. The van der Waals surface area contributed by atoms with Gasteiger partial charge in [0.1, 0.15) is 12.1 Å². The van der Waals surface area contributed by atoms with Gasteiger partial charge in [0.05, 0.1) is 0 Å². The maximum absolute atomic E-state index is 12.5. The molecule has 2 fully saturated rings. The summed E-state index contributed by atoms with van der Waals surface area (Å²) >= 11 is 0. The Hall–Kier alpha value is -2.47. The van der Waals surface area contributed by atoms with Gasteiger partial charge in [-0.3, -0.25) is 14.6 Å². The van der Waals surface area contributed by atoms with Gasteiger partial charge >= 0.3 is 5.97 Å². The van der Waals surface area contributed by atoms with E-state index < -0.39 is 17.9 Å². The molecule has 6 nitrogen and oxygen atoms in total. The number of carbonyl (C=O) groups is 2. The maximum atomic E-state index is 12.5. The maximum Gasteiger partial charge on any atom is 0.323 e. The van der Waals surface area contributed by atoms with Crippen molar-refractivity contribution < 1.29 is 14.3 Å². The van der Waals surface area contributed by atoms with Gasteiger partial charge in [-0.25, -0.2) is 0 Å². The van der Waals surface area contributed by atoms with Crippen molar-refractivity contribution in [2.75, 3.05) is 0 Å². The number of hydrogen-bond acceptors (Lipinski definition) is 5. The molecule has 6 heteroatoms. The SMILES string of the molecule is CC12CCC(OC(=O)C(N)CCC(N)=O)CC1=CCC1C2CCC2(C)C(c3cccnc3)=CCC12. The van der Waals surface area contributed by atoms with E-state index in [1.807, 2.05) is 18.5 Å². The molecule has 1 heterocycles. The topological polar surface area (TPSA) is 108 Å². The smallest absolute Gasteiger partial charge is 0.323 e. The monoisotopic (exact) mass is 477 g/mol. The molecule has 4 N–H and O–H groups in total. The Morgan fingerprint density at radius 2 is 1.94 bits per heavy atom. The van der Waals surface area contributed by atoms with Crippen molar-refractivity contribution >= 4 is 17.4 Å². The van der Waals surface area contributed by atoms with E-state index in [0.29, 0.717) is 17.8 Å². The molecule has 0 bridgehead atoms. The first-order valence-electron chi connectivity index (χ1n) is 13.3. The number of amides is 1. The second-order valence-electron chi connectivity index (χ2n) is 11.7. The highest BCUT2D eigenvalue weighted by atomic mass is 16.5. The number of rotatable bonds is 6. The Morgan fingerprint density at radius 1 is 1.14 bits per heavy atom. The number of pyridine rings is 1. The number of hydrogen-bond donors (Lipinski definition) is 2. The molecule has 0 aromatic carbocycles. The van der Waals surface area contributed by atoms with Crippen LogP contribution in [0.2, 0.25) is 0 Å². The minimum absolute atomic E-state index is 0.102. The number of aromatic nitrogens is 1. The van der Waals surface area contributed by atoms with Gasteiger partial charge in [0, 0.05) is 25.2 Å². The molecule has 4 aliphatic rings. The number of esters is 1. The highest BCUT2D eigenvalue weighted by Gasteiger charge is 2.57. The van der Waals surface area contributed by atoms with E-state index in [4.69, 9.17) is 16.2 Å². The Labute approximate surface area is 208 Å². The Morgan fingerprint density at radius 3 is 2.69 bits per heavy atom. The lowest BCUT2D eigenvalue weighted by molar-refractivity contribution is -0.153. The van der Waals surface area contributed by atoms with Crippen LogP contribution in [-0.4, -0.2) is 29.0 Å². The van der Waals surface area contributed by atoms with Crippen molar-refractivity contribution in [1.82, 2.24) is 4.98 Å². The molecule has 0 spiro atoms. The van der Waals surface area contributed by atoms with E-state index in [0.717, 1.165) is 32.1 Å². The Balaban J connectivity index is 1.28. The number of carbonyl (C=O) groups excluding carboxylic acids is 2. The first-order valence-corrected chi connectivity index (χ1v) is 13.3. The molecule has 7 unspecified atom stereocenters. The van der Waals surface area contributed by atoms with Gasteiger partial charge in [0.15, 0.2) is 0 Å². The predicted octanol–water partition coefficient (Wildman–Crippen LogP) is 4.54. The normalized spacial score (nSPS) is 36.7. The lowest BCUT2D eigenvalue weighted by atomic mass is 9.47. The van der Waals surface area contributed by atoms with E-state index in [1.54, 1.807) is 0 Å². The summed E-state index contributed by atoms with van der Waals surface area (Å²) in [6.07, 6.45) is 16.5. The molecule has 1 aromatic heterocycles. The van der Waals surface area contributed by atoms with Crippen LogP contribution < -0.4 is 11.5 Å². The van der Waals surface area contributed by atoms with E-state index in [2.05, 4.69) is 37.0 Å². The van der Waals surface area contributed by atoms with Crippen molar-refractivity contribution in [3.8, 4) is 0 Å². The van der Waals surface area contributed by atoms with Gasteiger partial charge in [-0.15, -0.1) is 0 Å². The van der Waals surface area contributed by atoms with Crippen LogP contribution in [0.3, 0.4) is 0 Å². The van der Waals surface area contributed by atoms with Crippen LogP contribution in [0.1, 0.15) is 77.2 Å². The van der Waals surface area contributed by atoms with E-state index in [9.17, 15) is 9.59 Å². The number of primary amides is 1.